The van der Waals surface area contributed by atoms with Gasteiger partial charge in [-0.1, -0.05) is 13.8 Å². The molecule has 1 amide bonds. The van der Waals surface area contributed by atoms with Crippen LogP contribution in [0.1, 0.15) is 24.5 Å². The van der Waals surface area contributed by atoms with Crippen molar-refractivity contribution in [2.75, 3.05) is 6.54 Å². The fourth-order valence-corrected chi connectivity index (χ4v) is 2.09. The Bertz CT molecular complexity index is 349. The first-order valence-corrected chi connectivity index (χ1v) is 6.31. The first-order chi connectivity index (χ1) is 7.54. The maximum atomic E-state index is 11.8. The molecule has 0 aliphatic carbocycles. The van der Waals surface area contributed by atoms with Gasteiger partial charge in [-0.25, -0.2) is 4.98 Å². The average Bonchev–Trinajstić information content (AvgIpc) is 2.62. The van der Waals surface area contributed by atoms with E-state index in [0.29, 0.717) is 13.1 Å². The molecule has 1 rings (SSSR count). The fourth-order valence-electron chi connectivity index (χ4n) is 1.48. The Morgan fingerprint density at radius 2 is 2.31 bits per heavy atom. The summed E-state index contributed by atoms with van der Waals surface area (Å²) in [6, 6.07) is 0. The van der Waals surface area contributed by atoms with E-state index in [0.717, 1.165) is 10.7 Å². The lowest BCUT2D eigenvalue weighted by molar-refractivity contribution is -0.126. The van der Waals surface area contributed by atoms with Crippen LogP contribution in [0.5, 0.6) is 0 Å². The molecule has 0 radical (unpaired) electrons. The molecule has 3 N–H and O–H groups in total. The number of amides is 1. The molecule has 90 valence electrons. The van der Waals surface area contributed by atoms with Gasteiger partial charge in [-0.15, -0.1) is 11.3 Å². The summed E-state index contributed by atoms with van der Waals surface area (Å²) in [5, 5.41) is 5.85. The van der Waals surface area contributed by atoms with E-state index in [1.807, 2.05) is 26.2 Å². The predicted octanol–water partition coefficient (Wildman–Crippen LogP) is 1.30. The van der Waals surface area contributed by atoms with E-state index < -0.39 is 0 Å². The SMILES string of the molecule is Cc1nc(CNC(=O)C(CN)C(C)C)cs1. The van der Waals surface area contributed by atoms with Crippen molar-refractivity contribution < 1.29 is 4.79 Å². The number of nitrogens with zero attached hydrogens (tertiary/aromatic N) is 1. The van der Waals surface area contributed by atoms with Crippen molar-refractivity contribution in [2.24, 2.45) is 17.6 Å². The van der Waals surface area contributed by atoms with E-state index in [9.17, 15) is 4.79 Å². The number of hydrogen-bond acceptors (Lipinski definition) is 4. The number of hydrogen-bond donors (Lipinski definition) is 2. The molecule has 16 heavy (non-hydrogen) atoms. The quantitative estimate of drug-likeness (QED) is 0.816. The Hall–Kier alpha value is -0.940. The monoisotopic (exact) mass is 241 g/mol. The van der Waals surface area contributed by atoms with Gasteiger partial charge in [0.15, 0.2) is 0 Å². The van der Waals surface area contributed by atoms with Crippen molar-refractivity contribution in [3.63, 3.8) is 0 Å². The minimum atomic E-state index is -0.111. The van der Waals surface area contributed by atoms with Gasteiger partial charge in [0.05, 0.1) is 23.2 Å². The molecule has 1 atom stereocenters. The van der Waals surface area contributed by atoms with Gasteiger partial charge in [-0.05, 0) is 12.8 Å². The molecule has 0 aromatic carbocycles. The lowest BCUT2D eigenvalue weighted by Crippen LogP contribution is -2.37. The van der Waals surface area contributed by atoms with Crippen LogP contribution in [0.3, 0.4) is 0 Å². The van der Waals surface area contributed by atoms with Crippen molar-refractivity contribution in [3.05, 3.63) is 16.1 Å². The molecule has 1 heterocycles. The van der Waals surface area contributed by atoms with Gasteiger partial charge in [0, 0.05) is 11.9 Å². The maximum Gasteiger partial charge on any atom is 0.224 e. The van der Waals surface area contributed by atoms with Crippen LogP contribution >= 0.6 is 11.3 Å². The maximum absolute atomic E-state index is 11.8. The number of carbonyl (C=O) groups is 1. The minimum Gasteiger partial charge on any atom is -0.350 e. The number of nitrogens with one attached hydrogen (secondary N) is 1. The second-order valence-corrected chi connectivity index (χ2v) is 5.22. The zero-order valence-corrected chi connectivity index (χ0v) is 10.8. The predicted molar refractivity (Wildman–Crippen MR) is 66.1 cm³/mol. The normalized spacial score (nSPS) is 12.8. The minimum absolute atomic E-state index is 0.0168. The van der Waals surface area contributed by atoms with Crippen LogP contribution in [0.2, 0.25) is 0 Å². The number of thiazole rings is 1. The molecule has 4 nitrogen and oxygen atoms in total. The lowest BCUT2D eigenvalue weighted by atomic mass is 9.95. The second kappa shape index (κ2) is 5.96. The van der Waals surface area contributed by atoms with Crippen molar-refractivity contribution in [1.82, 2.24) is 10.3 Å². The van der Waals surface area contributed by atoms with Gasteiger partial charge in [-0.2, -0.15) is 0 Å². The molecular weight excluding hydrogens is 222 g/mol. The summed E-state index contributed by atoms with van der Waals surface area (Å²) in [4.78, 5) is 16.1. The fraction of sp³-hybridized carbons (Fsp3) is 0.636. The molecule has 0 aliphatic rings. The van der Waals surface area contributed by atoms with Crippen molar-refractivity contribution in [1.29, 1.82) is 0 Å². The molecule has 1 unspecified atom stereocenters. The number of carbonyl (C=O) groups excluding carboxylic acids is 1. The van der Waals surface area contributed by atoms with Gasteiger partial charge in [-0.3, -0.25) is 4.79 Å². The Kier molecular flexibility index (Phi) is 4.89. The second-order valence-electron chi connectivity index (χ2n) is 4.16. The Labute approximate surface area is 100 Å². The molecular formula is C11H19N3OS. The number of aryl methyl sites for hydroxylation is 1. The van der Waals surface area contributed by atoms with E-state index in [4.69, 9.17) is 5.73 Å². The molecule has 0 aliphatic heterocycles. The Balaban J connectivity index is 2.45. The highest BCUT2D eigenvalue weighted by Gasteiger charge is 2.20. The number of nitrogens with two attached hydrogens (primary N) is 1. The van der Waals surface area contributed by atoms with E-state index in [2.05, 4.69) is 10.3 Å². The Morgan fingerprint density at radius 3 is 2.75 bits per heavy atom. The first-order valence-electron chi connectivity index (χ1n) is 5.43. The van der Waals surface area contributed by atoms with Crippen molar-refractivity contribution in [2.45, 2.75) is 27.3 Å². The summed E-state index contributed by atoms with van der Waals surface area (Å²) in [6.07, 6.45) is 0. The summed E-state index contributed by atoms with van der Waals surface area (Å²) in [5.41, 5.74) is 6.49. The van der Waals surface area contributed by atoms with Crippen molar-refractivity contribution >= 4 is 17.2 Å². The highest BCUT2D eigenvalue weighted by atomic mass is 32.1. The topological polar surface area (TPSA) is 68.0 Å². The molecule has 0 bridgehead atoms. The van der Waals surface area contributed by atoms with Gasteiger partial charge in [0.2, 0.25) is 5.91 Å². The summed E-state index contributed by atoms with van der Waals surface area (Å²) in [6.45, 7) is 6.84. The van der Waals surface area contributed by atoms with Crippen molar-refractivity contribution in [3.8, 4) is 0 Å². The molecule has 5 heteroatoms. The van der Waals surface area contributed by atoms with Gasteiger partial charge < -0.3 is 11.1 Å². The molecule has 0 fully saturated rings. The summed E-state index contributed by atoms with van der Waals surface area (Å²) < 4.78 is 0. The lowest BCUT2D eigenvalue weighted by Gasteiger charge is -2.17. The first kappa shape index (κ1) is 13.1. The molecule has 0 spiro atoms. The average molecular weight is 241 g/mol. The molecule has 0 saturated carbocycles. The Morgan fingerprint density at radius 1 is 1.62 bits per heavy atom. The standard InChI is InChI=1S/C11H19N3OS/c1-7(2)10(4-12)11(15)13-5-9-6-16-8(3)14-9/h6-7,10H,4-5,12H2,1-3H3,(H,13,15). The van der Waals surface area contributed by atoms with Gasteiger partial charge in [0.1, 0.15) is 0 Å². The van der Waals surface area contributed by atoms with Crippen LogP contribution in [-0.2, 0) is 11.3 Å². The molecule has 1 aromatic heterocycles. The van der Waals surface area contributed by atoms with Gasteiger partial charge in [0.25, 0.3) is 0 Å². The van der Waals surface area contributed by atoms with Crippen LogP contribution in [0, 0.1) is 18.8 Å². The van der Waals surface area contributed by atoms with Gasteiger partial charge >= 0.3 is 0 Å². The van der Waals surface area contributed by atoms with E-state index in [-0.39, 0.29) is 17.7 Å². The van der Waals surface area contributed by atoms with E-state index in [1.165, 1.54) is 0 Å². The van der Waals surface area contributed by atoms with Crippen LogP contribution in [-0.4, -0.2) is 17.4 Å². The summed E-state index contributed by atoms with van der Waals surface area (Å²) >= 11 is 1.59. The smallest absolute Gasteiger partial charge is 0.224 e. The number of aromatic nitrogens is 1. The van der Waals surface area contributed by atoms with E-state index in [1.54, 1.807) is 11.3 Å². The van der Waals surface area contributed by atoms with Crippen LogP contribution < -0.4 is 11.1 Å². The highest BCUT2D eigenvalue weighted by Crippen LogP contribution is 2.10. The molecule has 0 saturated heterocycles. The van der Waals surface area contributed by atoms with Crippen LogP contribution in [0.4, 0.5) is 0 Å². The zero-order chi connectivity index (χ0) is 12.1. The largest absolute Gasteiger partial charge is 0.350 e. The third-order valence-corrected chi connectivity index (χ3v) is 3.33. The highest BCUT2D eigenvalue weighted by molar-refractivity contribution is 7.09. The number of rotatable bonds is 5. The van der Waals surface area contributed by atoms with Crippen LogP contribution in [0.25, 0.3) is 0 Å². The zero-order valence-electron chi connectivity index (χ0n) is 9.99. The molecule has 1 aromatic rings. The van der Waals surface area contributed by atoms with Crippen LogP contribution in [0.15, 0.2) is 5.38 Å². The third-order valence-electron chi connectivity index (χ3n) is 2.51. The summed E-state index contributed by atoms with van der Waals surface area (Å²) in [5.74, 6) is 0.171. The van der Waals surface area contributed by atoms with E-state index >= 15 is 0 Å². The third kappa shape index (κ3) is 3.57. The summed E-state index contributed by atoms with van der Waals surface area (Å²) in [7, 11) is 0.